The number of halogens is 1. The summed E-state index contributed by atoms with van der Waals surface area (Å²) >= 11 is 3.43. The van der Waals surface area contributed by atoms with Gasteiger partial charge in [0.15, 0.2) is 0 Å². The van der Waals surface area contributed by atoms with Gasteiger partial charge >= 0.3 is 0 Å². The number of nitrogens with two attached hydrogens (primary N) is 1. The van der Waals surface area contributed by atoms with Crippen molar-refractivity contribution < 1.29 is 4.74 Å². The maximum absolute atomic E-state index is 5.84. The Hall–Kier alpha value is -1.66. The van der Waals surface area contributed by atoms with Gasteiger partial charge in [-0.1, -0.05) is 28.9 Å². The Morgan fingerprint density at radius 2 is 2.10 bits per heavy atom. The number of aromatic nitrogens is 2. The molecule has 0 aliphatic heterocycles. The Kier molecular flexibility index (Phi) is 4.92. The largest absolute Gasteiger partial charge is 0.439 e. The molecule has 0 bridgehead atoms. The van der Waals surface area contributed by atoms with Crippen molar-refractivity contribution in [2.75, 3.05) is 5.43 Å². The van der Waals surface area contributed by atoms with Crippen molar-refractivity contribution in [2.45, 2.75) is 26.7 Å². The van der Waals surface area contributed by atoms with Crippen LogP contribution in [0, 0.1) is 6.92 Å². The molecule has 5 nitrogen and oxygen atoms in total. The smallest absolute Gasteiger partial charge is 0.224 e. The molecular weight excluding hydrogens is 320 g/mol. The van der Waals surface area contributed by atoms with Gasteiger partial charge in [0.25, 0.3) is 0 Å². The standard InChI is InChI=1S/C14H17BrN4O/c1-3-4-12-17-13(19-16)8-14(18-12)20-11-7-10(15)6-5-9(11)2/h5-8H,3-4,16H2,1-2H3,(H,17,18,19). The molecule has 1 aromatic carbocycles. The minimum Gasteiger partial charge on any atom is -0.439 e. The summed E-state index contributed by atoms with van der Waals surface area (Å²) in [5.74, 6) is 7.93. The van der Waals surface area contributed by atoms with E-state index in [2.05, 4.69) is 38.2 Å². The van der Waals surface area contributed by atoms with Crippen molar-refractivity contribution >= 4 is 21.7 Å². The molecule has 0 unspecified atom stereocenters. The number of rotatable bonds is 5. The first-order chi connectivity index (χ1) is 9.62. The zero-order chi connectivity index (χ0) is 14.5. The van der Waals surface area contributed by atoms with Gasteiger partial charge in [-0.2, -0.15) is 4.98 Å². The first-order valence-electron chi connectivity index (χ1n) is 6.41. The fourth-order valence-electron chi connectivity index (χ4n) is 1.73. The SMILES string of the molecule is CCCc1nc(NN)cc(Oc2cc(Br)ccc2C)n1. The topological polar surface area (TPSA) is 73.1 Å². The molecule has 1 heterocycles. The monoisotopic (exact) mass is 336 g/mol. The highest BCUT2D eigenvalue weighted by molar-refractivity contribution is 9.10. The molecule has 0 aliphatic rings. The third-order valence-corrected chi connectivity index (χ3v) is 3.23. The summed E-state index contributed by atoms with van der Waals surface area (Å²) in [7, 11) is 0. The van der Waals surface area contributed by atoms with Gasteiger partial charge in [-0.05, 0) is 31.0 Å². The summed E-state index contributed by atoms with van der Waals surface area (Å²) in [4.78, 5) is 8.68. The Labute approximate surface area is 126 Å². The van der Waals surface area contributed by atoms with Crippen LogP contribution in [0.5, 0.6) is 11.6 Å². The lowest BCUT2D eigenvalue weighted by Gasteiger charge is -2.10. The molecule has 0 aliphatic carbocycles. The minimum atomic E-state index is 0.484. The molecule has 2 rings (SSSR count). The van der Waals surface area contributed by atoms with Gasteiger partial charge in [-0.15, -0.1) is 0 Å². The molecule has 0 spiro atoms. The van der Waals surface area contributed by atoms with E-state index >= 15 is 0 Å². The quantitative estimate of drug-likeness (QED) is 0.644. The molecular formula is C14H17BrN4O. The Bertz CT molecular complexity index is 604. The average molecular weight is 337 g/mol. The number of hydrazine groups is 1. The fraction of sp³-hybridized carbons (Fsp3) is 0.286. The van der Waals surface area contributed by atoms with Gasteiger partial charge in [0.05, 0.1) is 0 Å². The maximum Gasteiger partial charge on any atom is 0.224 e. The van der Waals surface area contributed by atoms with Crippen molar-refractivity contribution in [3.8, 4) is 11.6 Å². The summed E-state index contributed by atoms with van der Waals surface area (Å²) in [6, 6.07) is 7.54. The van der Waals surface area contributed by atoms with Crippen molar-refractivity contribution in [2.24, 2.45) is 5.84 Å². The van der Waals surface area contributed by atoms with E-state index in [4.69, 9.17) is 10.6 Å². The number of ether oxygens (including phenoxy) is 1. The van der Waals surface area contributed by atoms with E-state index < -0.39 is 0 Å². The van der Waals surface area contributed by atoms with E-state index in [1.807, 2.05) is 25.1 Å². The van der Waals surface area contributed by atoms with E-state index in [0.717, 1.165) is 28.6 Å². The van der Waals surface area contributed by atoms with Gasteiger partial charge in [-0.3, -0.25) is 0 Å². The fourth-order valence-corrected chi connectivity index (χ4v) is 2.07. The predicted octanol–water partition coefficient (Wildman–Crippen LogP) is 3.58. The number of nitrogen functional groups attached to an aromatic ring is 1. The van der Waals surface area contributed by atoms with Crippen LogP contribution in [0.1, 0.15) is 24.7 Å². The van der Waals surface area contributed by atoms with E-state index in [0.29, 0.717) is 17.5 Å². The minimum absolute atomic E-state index is 0.484. The molecule has 2 aromatic rings. The van der Waals surface area contributed by atoms with Crippen molar-refractivity contribution in [3.05, 3.63) is 40.1 Å². The Morgan fingerprint density at radius 3 is 2.80 bits per heavy atom. The van der Waals surface area contributed by atoms with E-state index in [9.17, 15) is 0 Å². The first-order valence-corrected chi connectivity index (χ1v) is 7.20. The molecule has 0 saturated heterocycles. The summed E-state index contributed by atoms with van der Waals surface area (Å²) in [5.41, 5.74) is 3.57. The number of nitrogens with zero attached hydrogens (tertiary/aromatic N) is 2. The molecule has 0 amide bonds. The Balaban J connectivity index is 2.32. The molecule has 1 aromatic heterocycles. The third-order valence-electron chi connectivity index (χ3n) is 2.74. The van der Waals surface area contributed by atoms with Gasteiger partial charge < -0.3 is 10.2 Å². The number of aryl methyl sites for hydroxylation is 2. The number of anilines is 1. The number of benzene rings is 1. The highest BCUT2D eigenvalue weighted by atomic mass is 79.9. The van der Waals surface area contributed by atoms with Gasteiger partial charge in [0.2, 0.25) is 5.88 Å². The van der Waals surface area contributed by atoms with Crippen LogP contribution in [0.25, 0.3) is 0 Å². The van der Waals surface area contributed by atoms with E-state index in [1.165, 1.54) is 0 Å². The summed E-state index contributed by atoms with van der Waals surface area (Å²) in [6.07, 6.45) is 1.74. The highest BCUT2D eigenvalue weighted by Gasteiger charge is 2.08. The lowest BCUT2D eigenvalue weighted by molar-refractivity contribution is 0.455. The molecule has 0 saturated carbocycles. The molecule has 0 fully saturated rings. The number of hydrogen-bond acceptors (Lipinski definition) is 5. The summed E-state index contributed by atoms with van der Waals surface area (Å²) in [5, 5.41) is 0. The number of hydrogen-bond donors (Lipinski definition) is 2. The van der Waals surface area contributed by atoms with Gasteiger partial charge in [0, 0.05) is 17.0 Å². The predicted molar refractivity (Wildman–Crippen MR) is 82.8 cm³/mol. The lowest BCUT2D eigenvalue weighted by Crippen LogP contribution is -2.11. The van der Waals surface area contributed by atoms with E-state index in [1.54, 1.807) is 6.07 Å². The van der Waals surface area contributed by atoms with Gasteiger partial charge in [0.1, 0.15) is 17.4 Å². The van der Waals surface area contributed by atoms with Crippen LogP contribution < -0.4 is 16.0 Å². The van der Waals surface area contributed by atoms with Crippen molar-refractivity contribution in [1.29, 1.82) is 0 Å². The second kappa shape index (κ2) is 6.67. The average Bonchev–Trinajstić information content (AvgIpc) is 2.43. The van der Waals surface area contributed by atoms with Crippen molar-refractivity contribution in [3.63, 3.8) is 0 Å². The van der Waals surface area contributed by atoms with Crippen LogP contribution in [0.2, 0.25) is 0 Å². The zero-order valence-corrected chi connectivity index (χ0v) is 13.1. The highest BCUT2D eigenvalue weighted by Crippen LogP contribution is 2.28. The van der Waals surface area contributed by atoms with Crippen LogP contribution in [-0.2, 0) is 6.42 Å². The number of nitrogens with one attached hydrogen (secondary N) is 1. The second-order valence-electron chi connectivity index (χ2n) is 4.41. The van der Waals surface area contributed by atoms with Crippen LogP contribution in [0.3, 0.4) is 0 Å². The molecule has 3 N–H and O–H groups in total. The molecule has 0 atom stereocenters. The molecule has 6 heteroatoms. The lowest BCUT2D eigenvalue weighted by atomic mass is 10.2. The molecule has 106 valence electrons. The molecule has 0 radical (unpaired) electrons. The van der Waals surface area contributed by atoms with E-state index in [-0.39, 0.29) is 0 Å². The zero-order valence-electron chi connectivity index (χ0n) is 11.5. The summed E-state index contributed by atoms with van der Waals surface area (Å²) < 4.78 is 6.80. The molecule has 20 heavy (non-hydrogen) atoms. The third kappa shape index (κ3) is 3.68. The first kappa shape index (κ1) is 14.7. The second-order valence-corrected chi connectivity index (χ2v) is 5.33. The normalized spacial score (nSPS) is 10.4. The maximum atomic E-state index is 5.84. The van der Waals surface area contributed by atoms with Gasteiger partial charge in [-0.25, -0.2) is 10.8 Å². The van der Waals surface area contributed by atoms with Crippen LogP contribution in [0.4, 0.5) is 5.82 Å². The van der Waals surface area contributed by atoms with Crippen LogP contribution in [0.15, 0.2) is 28.7 Å². The summed E-state index contributed by atoms with van der Waals surface area (Å²) in [6.45, 7) is 4.06. The van der Waals surface area contributed by atoms with Crippen LogP contribution in [-0.4, -0.2) is 9.97 Å². The Morgan fingerprint density at radius 1 is 1.30 bits per heavy atom. The van der Waals surface area contributed by atoms with Crippen molar-refractivity contribution in [1.82, 2.24) is 9.97 Å². The van der Waals surface area contributed by atoms with Crippen LogP contribution >= 0.6 is 15.9 Å².